The van der Waals surface area contributed by atoms with Gasteiger partial charge in [-0.2, -0.15) is 10.1 Å². The third kappa shape index (κ3) is 2.87. The van der Waals surface area contributed by atoms with E-state index in [9.17, 15) is 4.79 Å². The molecule has 0 spiro atoms. The van der Waals surface area contributed by atoms with Crippen LogP contribution in [0.25, 0.3) is 0 Å². The summed E-state index contributed by atoms with van der Waals surface area (Å²) in [5.41, 5.74) is 2.30. The van der Waals surface area contributed by atoms with E-state index in [2.05, 4.69) is 27.3 Å². The maximum absolute atomic E-state index is 13.4. The molecule has 26 heavy (non-hydrogen) atoms. The van der Waals surface area contributed by atoms with E-state index in [1.165, 1.54) is 6.33 Å². The number of rotatable bonds is 2. The van der Waals surface area contributed by atoms with Gasteiger partial charge < -0.3 is 15.1 Å². The van der Waals surface area contributed by atoms with E-state index in [-0.39, 0.29) is 5.91 Å². The Morgan fingerprint density at radius 3 is 2.69 bits per heavy atom. The number of allylic oxidation sites excluding steroid dienone is 1. The Balaban J connectivity index is 1.78. The van der Waals surface area contributed by atoms with E-state index in [1.54, 1.807) is 4.68 Å². The van der Waals surface area contributed by atoms with Crippen molar-refractivity contribution in [2.45, 2.75) is 13.0 Å². The van der Waals surface area contributed by atoms with Gasteiger partial charge in [-0.05, 0) is 20.0 Å². The van der Waals surface area contributed by atoms with Crippen molar-refractivity contribution in [1.82, 2.24) is 24.6 Å². The van der Waals surface area contributed by atoms with E-state index in [1.807, 2.05) is 36.1 Å². The van der Waals surface area contributed by atoms with Crippen LogP contribution in [-0.2, 0) is 4.79 Å². The molecule has 1 aromatic heterocycles. The number of fused-ring (bicyclic) bond motifs is 1. The average Bonchev–Trinajstić information content (AvgIpc) is 3.09. The Morgan fingerprint density at radius 1 is 1.23 bits per heavy atom. The molecule has 1 N–H and O–H groups in total. The predicted molar refractivity (Wildman–Crippen MR) is 100 cm³/mol. The zero-order valence-corrected chi connectivity index (χ0v) is 15.6. The van der Waals surface area contributed by atoms with Crippen LogP contribution in [0, 0.1) is 0 Å². The van der Waals surface area contributed by atoms with Gasteiger partial charge in [-0.3, -0.25) is 4.79 Å². The predicted octanol–water partition coefficient (Wildman–Crippen LogP) is 1.99. The fourth-order valence-corrected chi connectivity index (χ4v) is 3.77. The molecule has 1 fully saturated rings. The lowest BCUT2D eigenvalue weighted by atomic mass is 9.94. The van der Waals surface area contributed by atoms with Gasteiger partial charge in [-0.25, -0.2) is 4.68 Å². The summed E-state index contributed by atoms with van der Waals surface area (Å²) in [7, 11) is 2.07. The molecule has 0 aliphatic carbocycles. The number of likely N-dealkylation sites (N-methyl/N-ethyl adjacent to an activating group) is 1. The maximum Gasteiger partial charge on any atom is 0.254 e. The van der Waals surface area contributed by atoms with Crippen molar-refractivity contribution in [2.24, 2.45) is 0 Å². The quantitative estimate of drug-likeness (QED) is 0.873. The third-order valence-electron chi connectivity index (χ3n) is 5.02. The van der Waals surface area contributed by atoms with Crippen molar-refractivity contribution in [3.63, 3.8) is 0 Å². The van der Waals surface area contributed by atoms with Gasteiger partial charge in [0.25, 0.3) is 5.91 Å². The van der Waals surface area contributed by atoms with E-state index >= 15 is 0 Å². The van der Waals surface area contributed by atoms with Gasteiger partial charge in [0, 0.05) is 42.5 Å². The minimum absolute atomic E-state index is 0.0224. The lowest BCUT2D eigenvalue weighted by molar-refractivity contribution is -0.129. The number of aromatic nitrogens is 3. The van der Waals surface area contributed by atoms with E-state index in [4.69, 9.17) is 11.6 Å². The molecule has 8 heteroatoms. The lowest BCUT2D eigenvalue weighted by Crippen LogP contribution is -2.49. The number of anilines is 1. The number of halogens is 1. The second-order valence-electron chi connectivity index (χ2n) is 6.71. The minimum Gasteiger partial charge on any atom is -0.336 e. The van der Waals surface area contributed by atoms with Gasteiger partial charge in [-0.15, -0.1) is 0 Å². The van der Waals surface area contributed by atoms with Gasteiger partial charge in [0.05, 0.1) is 5.57 Å². The Hall–Kier alpha value is -2.38. The molecule has 1 aromatic carbocycles. The first-order valence-electron chi connectivity index (χ1n) is 8.66. The number of carbonyl (C=O) groups is 1. The standard InChI is InChI=1S/C18H21ClN6O/c1-12-15(17(26)24-9-7-23(2)8-10-24)16(13-5-3-4-6-14(13)19)25-18(22-12)20-11-21-25/h3-6,11,16H,7-10H2,1-2H3,(H,20,21,22). The molecule has 0 bridgehead atoms. The second-order valence-corrected chi connectivity index (χ2v) is 7.12. The molecule has 136 valence electrons. The smallest absolute Gasteiger partial charge is 0.254 e. The van der Waals surface area contributed by atoms with Crippen LogP contribution in [0.15, 0.2) is 41.9 Å². The summed E-state index contributed by atoms with van der Waals surface area (Å²) in [6, 6.07) is 7.19. The fraction of sp³-hybridized carbons (Fsp3) is 0.389. The molecule has 0 radical (unpaired) electrons. The van der Waals surface area contributed by atoms with Crippen molar-refractivity contribution in [2.75, 3.05) is 38.5 Å². The van der Waals surface area contributed by atoms with E-state index in [0.29, 0.717) is 29.6 Å². The first-order chi connectivity index (χ1) is 12.6. The number of benzene rings is 1. The van der Waals surface area contributed by atoms with Crippen LogP contribution in [0.5, 0.6) is 0 Å². The molecule has 2 aromatic rings. The second kappa shape index (κ2) is 6.74. The largest absolute Gasteiger partial charge is 0.336 e. The van der Waals surface area contributed by atoms with Crippen LogP contribution in [0.4, 0.5) is 5.95 Å². The van der Waals surface area contributed by atoms with Gasteiger partial charge in [0.2, 0.25) is 5.95 Å². The molecular weight excluding hydrogens is 352 g/mol. The number of amides is 1. The Kier molecular flexibility index (Phi) is 4.42. The van der Waals surface area contributed by atoms with Crippen LogP contribution in [0.2, 0.25) is 5.02 Å². The molecule has 3 heterocycles. The average molecular weight is 373 g/mol. The van der Waals surface area contributed by atoms with E-state index < -0.39 is 6.04 Å². The first kappa shape index (κ1) is 17.1. The van der Waals surface area contributed by atoms with Gasteiger partial charge in [-0.1, -0.05) is 29.8 Å². The van der Waals surface area contributed by atoms with Crippen molar-refractivity contribution in [3.8, 4) is 0 Å². The lowest BCUT2D eigenvalue weighted by Gasteiger charge is -2.36. The summed E-state index contributed by atoms with van der Waals surface area (Å²) in [4.78, 5) is 21.8. The SMILES string of the molecule is CC1=C(C(=O)N2CCN(C)CC2)C(c2ccccc2Cl)n2ncnc2N1. The zero-order chi connectivity index (χ0) is 18.3. The van der Waals surface area contributed by atoms with Crippen LogP contribution in [0.1, 0.15) is 18.5 Å². The number of hydrogen-bond acceptors (Lipinski definition) is 5. The normalized spacial score (nSPS) is 20.7. The van der Waals surface area contributed by atoms with Gasteiger partial charge in [0.15, 0.2) is 0 Å². The molecule has 1 amide bonds. The monoisotopic (exact) mass is 372 g/mol. The highest BCUT2D eigenvalue weighted by Crippen LogP contribution is 2.38. The number of carbonyl (C=O) groups excluding carboxylic acids is 1. The molecule has 7 nitrogen and oxygen atoms in total. The summed E-state index contributed by atoms with van der Waals surface area (Å²) in [5.74, 6) is 0.636. The molecule has 2 aliphatic heterocycles. The van der Waals surface area contributed by atoms with Crippen molar-refractivity contribution < 1.29 is 4.79 Å². The Morgan fingerprint density at radius 2 is 1.96 bits per heavy atom. The summed E-state index contributed by atoms with van der Waals surface area (Å²) in [5, 5.41) is 8.17. The molecule has 1 saturated heterocycles. The number of hydrogen-bond donors (Lipinski definition) is 1. The molecular formula is C18H21ClN6O. The zero-order valence-electron chi connectivity index (χ0n) is 14.8. The topological polar surface area (TPSA) is 66.3 Å². The molecule has 0 saturated carbocycles. The number of nitrogens with zero attached hydrogens (tertiary/aromatic N) is 5. The first-order valence-corrected chi connectivity index (χ1v) is 9.03. The maximum atomic E-state index is 13.4. The fourth-order valence-electron chi connectivity index (χ4n) is 3.53. The van der Waals surface area contributed by atoms with Gasteiger partial charge in [0.1, 0.15) is 12.4 Å². The Bertz CT molecular complexity index is 868. The molecule has 4 rings (SSSR count). The van der Waals surface area contributed by atoms with Crippen molar-refractivity contribution in [1.29, 1.82) is 0 Å². The van der Waals surface area contributed by atoms with Gasteiger partial charge >= 0.3 is 0 Å². The molecule has 2 aliphatic rings. The van der Waals surface area contributed by atoms with Crippen LogP contribution < -0.4 is 5.32 Å². The third-order valence-corrected chi connectivity index (χ3v) is 5.36. The highest BCUT2D eigenvalue weighted by Gasteiger charge is 2.36. The van der Waals surface area contributed by atoms with Crippen LogP contribution in [-0.4, -0.2) is 63.7 Å². The minimum atomic E-state index is -0.394. The number of nitrogens with one attached hydrogen (secondary N) is 1. The highest BCUT2D eigenvalue weighted by atomic mass is 35.5. The van der Waals surface area contributed by atoms with Crippen LogP contribution in [0.3, 0.4) is 0 Å². The summed E-state index contributed by atoms with van der Waals surface area (Å²) in [6.07, 6.45) is 1.49. The summed E-state index contributed by atoms with van der Waals surface area (Å²) in [6.45, 7) is 5.08. The number of piperazine rings is 1. The van der Waals surface area contributed by atoms with E-state index in [0.717, 1.165) is 24.4 Å². The summed E-state index contributed by atoms with van der Waals surface area (Å²) >= 11 is 6.48. The van der Waals surface area contributed by atoms with Crippen molar-refractivity contribution >= 4 is 23.5 Å². The molecule has 1 atom stereocenters. The summed E-state index contributed by atoms with van der Waals surface area (Å²) < 4.78 is 1.73. The Labute approximate surface area is 157 Å². The molecule has 1 unspecified atom stereocenters. The van der Waals surface area contributed by atoms with Crippen molar-refractivity contribution in [3.05, 3.63) is 52.4 Å². The van der Waals surface area contributed by atoms with Crippen LogP contribution >= 0.6 is 11.6 Å². The highest BCUT2D eigenvalue weighted by molar-refractivity contribution is 6.31.